The highest BCUT2D eigenvalue weighted by Gasteiger charge is 2.36. The minimum Gasteiger partial charge on any atom is -0.354 e. The zero-order chi connectivity index (χ0) is 15.1. The molecule has 1 saturated heterocycles. The molecule has 22 heavy (non-hydrogen) atoms. The quantitative estimate of drug-likeness (QED) is 0.918. The van der Waals surface area contributed by atoms with E-state index in [-0.39, 0.29) is 17.9 Å². The molecule has 4 rings (SSSR count). The SMILES string of the molecule is O=C(NCC1CC1)[C@@H]1CSCN1C(=O)c1cc2c(s1)CCC2. The summed E-state index contributed by atoms with van der Waals surface area (Å²) in [5.41, 5.74) is 1.34. The summed E-state index contributed by atoms with van der Waals surface area (Å²) in [5.74, 6) is 2.07. The van der Waals surface area contributed by atoms with Gasteiger partial charge in [0.05, 0.1) is 10.8 Å². The third-order valence-electron chi connectivity index (χ3n) is 4.67. The zero-order valence-corrected chi connectivity index (χ0v) is 14.1. The van der Waals surface area contributed by atoms with Crippen LogP contribution in [0.4, 0.5) is 0 Å². The van der Waals surface area contributed by atoms with Crippen molar-refractivity contribution in [2.45, 2.75) is 38.1 Å². The maximum absolute atomic E-state index is 12.8. The van der Waals surface area contributed by atoms with Crippen molar-refractivity contribution >= 4 is 34.9 Å². The molecule has 2 amide bonds. The predicted molar refractivity (Wildman–Crippen MR) is 89.4 cm³/mol. The normalized spacial score (nSPS) is 23.6. The first kappa shape index (κ1) is 14.6. The highest BCUT2D eigenvalue weighted by Crippen LogP contribution is 2.33. The summed E-state index contributed by atoms with van der Waals surface area (Å²) >= 11 is 3.30. The van der Waals surface area contributed by atoms with Crippen LogP contribution in [0.15, 0.2) is 6.07 Å². The van der Waals surface area contributed by atoms with Crippen molar-refractivity contribution in [3.8, 4) is 0 Å². The monoisotopic (exact) mass is 336 g/mol. The number of hydrogen-bond donors (Lipinski definition) is 1. The van der Waals surface area contributed by atoms with Gasteiger partial charge in [0.2, 0.25) is 5.91 Å². The summed E-state index contributed by atoms with van der Waals surface area (Å²) in [6, 6.07) is 1.76. The summed E-state index contributed by atoms with van der Waals surface area (Å²) in [5, 5.41) is 3.02. The number of hydrogen-bond acceptors (Lipinski definition) is 4. The van der Waals surface area contributed by atoms with E-state index >= 15 is 0 Å². The Bertz CT molecular complexity index is 588. The fourth-order valence-electron chi connectivity index (χ4n) is 3.12. The van der Waals surface area contributed by atoms with E-state index in [4.69, 9.17) is 0 Å². The van der Waals surface area contributed by atoms with Crippen LogP contribution in [0.1, 0.15) is 39.4 Å². The van der Waals surface area contributed by atoms with Gasteiger partial charge in [-0.2, -0.15) is 0 Å². The number of aryl methyl sites for hydroxylation is 2. The molecular weight excluding hydrogens is 316 g/mol. The third-order valence-corrected chi connectivity index (χ3v) is 6.90. The van der Waals surface area contributed by atoms with E-state index < -0.39 is 0 Å². The summed E-state index contributed by atoms with van der Waals surface area (Å²) in [6.07, 6.45) is 5.86. The Hall–Kier alpha value is -1.01. The Morgan fingerprint density at radius 2 is 2.18 bits per heavy atom. The van der Waals surface area contributed by atoms with Gasteiger partial charge in [-0.05, 0) is 49.7 Å². The van der Waals surface area contributed by atoms with Crippen molar-refractivity contribution in [1.82, 2.24) is 10.2 Å². The van der Waals surface area contributed by atoms with Gasteiger partial charge in [0, 0.05) is 17.2 Å². The van der Waals surface area contributed by atoms with Crippen LogP contribution in [-0.2, 0) is 17.6 Å². The number of thioether (sulfide) groups is 1. The van der Waals surface area contributed by atoms with Gasteiger partial charge in [-0.25, -0.2) is 0 Å². The van der Waals surface area contributed by atoms with E-state index in [0.717, 1.165) is 24.3 Å². The average molecular weight is 336 g/mol. The van der Waals surface area contributed by atoms with E-state index in [1.807, 2.05) is 0 Å². The summed E-state index contributed by atoms with van der Waals surface area (Å²) < 4.78 is 0. The van der Waals surface area contributed by atoms with Gasteiger partial charge in [0.15, 0.2) is 0 Å². The van der Waals surface area contributed by atoms with Crippen molar-refractivity contribution in [3.05, 3.63) is 21.4 Å². The standard InChI is InChI=1S/C16H20N2O2S2/c19-15(17-7-10-4-5-10)12-8-21-9-18(12)16(20)14-6-11-2-1-3-13(11)22-14/h6,10,12H,1-5,7-9H2,(H,17,19)/t12-/m0/s1. The lowest BCUT2D eigenvalue weighted by Gasteiger charge is -2.22. The lowest BCUT2D eigenvalue weighted by molar-refractivity contribution is -0.124. The number of amides is 2. The van der Waals surface area contributed by atoms with Crippen LogP contribution >= 0.6 is 23.1 Å². The fraction of sp³-hybridized carbons (Fsp3) is 0.625. The molecule has 4 nitrogen and oxygen atoms in total. The van der Waals surface area contributed by atoms with Crippen LogP contribution in [0.3, 0.4) is 0 Å². The molecule has 2 fully saturated rings. The van der Waals surface area contributed by atoms with Gasteiger partial charge in [-0.15, -0.1) is 23.1 Å². The Morgan fingerprint density at radius 3 is 2.95 bits per heavy atom. The first-order valence-electron chi connectivity index (χ1n) is 8.00. The van der Waals surface area contributed by atoms with Crippen LogP contribution in [-0.4, -0.2) is 40.9 Å². The lowest BCUT2D eigenvalue weighted by atomic mass is 10.2. The third kappa shape index (κ3) is 2.78. The topological polar surface area (TPSA) is 49.4 Å². The van der Waals surface area contributed by atoms with Gasteiger partial charge < -0.3 is 10.2 Å². The van der Waals surface area contributed by atoms with Crippen molar-refractivity contribution in [2.75, 3.05) is 18.2 Å². The molecule has 0 radical (unpaired) electrons. The first-order valence-corrected chi connectivity index (χ1v) is 9.97. The van der Waals surface area contributed by atoms with Crippen molar-refractivity contribution in [2.24, 2.45) is 5.92 Å². The maximum atomic E-state index is 12.8. The van der Waals surface area contributed by atoms with Crippen molar-refractivity contribution in [1.29, 1.82) is 0 Å². The molecule has 1 aliphatic heterocycles. The first-order chi connectivity index (χ1) is 10.7. The maximum Gasteiger partial charge on any atom is 0.265 e. The van der Waals surface area contributed by atoms with Crippen LogP contribution < -0.4 is 5.32 Å². The average Bonchev–Trinajstić information content (AvgIpc) is 2.92. The highest BCUT2D eigenvalue weighted by atomic mass is 32.2. The second-order valence-electron chi connectivity index (χ2n) is 6.39. The van der Waals surface area contributed by atoms with E-state index in [0.29, 0.717) is 17.5 Å². The minimum atomic E-state index is -0.298. The second-order valence-corrected chi connectivity index (χ2v) is 8.53. The number of nitrogens with one attached hydrogen (secondary N) is 1. The molecule has 0 spiro atoms. The molecule has 1 saturated carbocycles. The molecule has 0 aromatic carbocycles. The number of carbonyl (C=O) groups excluding carboxylic acids is 2. The minimum absolute atomic E-state index is 0.0225. The van der Waals surface area contributed by atoms with Gasteiger partial charge in [0.25, 0.3) is 5.91 Å². The molecule has 3 aliphatic rings. The summed E-state index contributed by atoms with van der Waals surface area (Å²) in [6.45, 7) is 0.773. The molecule has 118 valence electrons. The molecule has 2 aliphatic carbocycles. The lowest BCUT2D eigenvalue weighted by Crippen LogP contribution is -2.47. The Labute approximate surface area is 138 Å². The highest BCUT2D eigenvalue weighted by molar-refractivity contribution is 7.99. The summed E-state index contributed by atoms with van der Waals surface area (Å²) in [4.78, 5) is 29.0. The number of nitrogens with zero attached hydrogens (tertiary/aromatic N) is 1. The summed E-state index contributed by atoms with van der Waals surface area (Å²) in [7, 11) is 0. The molecule has 0 bridgehead atoms. The Morgan fingerprint density at radius 1 is 1.32 bits per heavy atom. The van der Waals surface area contributed by atoms with Crippen LogP contribution in [0, 0.1) is 5.92 Å². The fourth-order valence-corrected chi connectivity index (χ4v) is 5.48. The van der Waals surface area contributed by atoms with E-state index in [2.05, 4.69) is 11.4 Å². The van der Waals surface area contributed by atoms with Crippen molar-refractivity contribution < 1.29 is 9.59 Å². The predicted octanol–water partition coefficient (Wildman–Crippen LogP) is 2.28. The molecule has 2 heterocycles. The Kier molecular flexibility index (Phi) is 3.90. The van der Waals surface area contributed by atoms with Crippen LogP contribution in [0.2, 0.25) is 0 Å². The molecule has 1 aromatic rings. The van der Waals surface area contributed by atoms with Gasteiger partial charge in [-0.1, -0.05) is 0 Å². The van der Waals surface area contributed by atoms with Crippen LogP contribution in [0.5, 0.6) is 0 Å². The molecule has 1 aromatic heterocycles. The van der Waals surface area contributed by atoms with Gasteiger partial charge in [-0.3, -0.25) is 9.59 Å². The van der Waals surface area contributed by atoms with E-state index in [1.54, 1.807) is 28.0 Å². The number of thiophene rings is 1. The zero-order valence-electron chi connectivity index (χ0n) is 12.5. The van der Waals surface area contributed by atoms with Gasteiger partial charge >= 0.3 is 0 Å². The largest absolute Gasteiger partial charge is 0.354 e. The van der Waals surface area contributed by atoms with E-state index in [1.165, 1.54) is 29.7 Å². The van der Waals surface area contributed by atoms with Crippen molar-refractivity contribution in [3.63, 3.8) is 0 Å². The number of fused-ring (bicyclic) bond motifs is 1. The molecule has 1 atom stereocenters. The molecule has 6 heteroatoms. The van der Waals surface area contributed by atoms with Gasteiger partial charge in [0.1, 0.15) is 6.04 Å². The van der Waals surface area contributed by atoms with E-state index in [9.17, 15) is 9.59 Å². The molecule has 1 N–H and O–H groups in total. The molecular formula is C16H20N2O2S2. The second kappa shape index (κ2) is 5.89. The Balaban J connectivity index is 1.44. The number of carbonyl (C=O) groups is 2. The van der Waals surface area contributed by atoms with Crippen LogP contribution in [0.25, 0.3) is 0 Å². The molecule has 0 unspecified atom stereocenters. The number of rotatable bonds is 4. The smallest absolute Gasteiger partial charge is 0.265 e.